The molecule has 0 atom stereocenters. The van der Waals surface area contributed by atoms with Gasteiger partial charge in [-0.1, -0.05) is 64.8 Å². The minimum atomic E-state index is -0.411. The van der Waals surface area contributed by atoms with Gasteiger partial charge in [0.25, 0.3) is 0 Å². The summed E-state index contributed by atoms with van der Waals surface area (Å²) in [5.74, 6) is -0.439. The van der Waals surface area contributed by atoms with Crippen LogP contribution in [-0.4, -0.2) is 11.7 Å². The van der Waals surface area contributed by atoms with Gasteiger partial charge in [0.05, 0.1) is 11.6 Å². The lowest BCUT2D eigenvalue weighted by Crippen LogP contribution is -2.12. The number of nitrogens with zero attached hydrogens (tertiary/aromatic N) is 1. The number of carbonyl (C=O) groups is 1. The van der Waals surface area contributed by atoms with E-state index in [1.54, 1.807) is 0 Å². The molecule has 114 valence electrons. The van der Waals surface area contributed by atoms with Crippen LogP contribution >= 0.6 is 0 Å². The van der Waals surface area contributed by atoms with E-state index in [1.165, 1.54) is 18.1 Å². The Morgan fingerprint density at radius 3 is 1.86 bits per heavy atom. The molecule has 0 bridgehead atoms. The van der Waals surface area contributed by atoms with Crippen molar-refractivity contribution in [3.63, 3.8) is 0 Å². The lowest BCUT2D eigenvalue weighted by atomic mass is 9.86. The van der Waals surface area contributed by atoms with Crippen LogP contribution in [0.5, 0.6) is 0 Å². The lowest BCUT2D eigenvalue weighted by Gasteiger charge is -2.18. The maximum absolute atomic E-state index is 11.0. The van der Waals surface area contributed by atoms with Crippen LogP contribution in [0.2, 0.25) is 0 Å². The third-order valence-corrected chi connectivity index (χ3v) is 3.49. The summed E-state index contributed by atoms with van der Waals surface area (Å²) in [6, 6.07) is 16.6. The molecule has 0 saturated heterocycles. The normalized spacial score (nSPS) is 11.6. The first-order chi connectivity index (χ1) is 10.5. The predicted octanol–water partition coefficient (Wildman–Crippen LogP) is 4.37. The second-order valence-electron chi connectivity index (χ2n) is 5.58. The van der Waals surface area contributed by atoms with Crippen LogP contribution < -0.4 is 0 Å². The molecular weight excluding hydrogens is 274 g/mol. The van der Waals surface area contributed by atoms with Gasteiger partial charge in [-0.25, -0.2) is 4.79 Å². The highest BCUT2D eigenvalue weighted by Gasteiger charge is 2.19. The Bertz CT molecular complexity index is 659. The summed E-state index contributed by atoms with van der Waals surface area (Å²) in [7, 11) is 0. The third-order valence-electron chi connectivity index (χ3n) is 3.49. The van der Waals surface area contributed by atoms with Gasteiger partial charge < -0.3 is 4.84 Å². The van der Waals surface area contributed by atoms with E-state index in [-0.39, 0.29) is 5.92 Å². The quantitative estimate of drug-likeness (QED) is 0.477. The molecule has 2 aromatic carbocycles. The third kappa shape index (κ3) is 4.04. The highest BCUT2D eigenvalue weighted by molar-refractivity contribution is 5.92. The van der Waals surface area contributed by atoms with Gasteiger partial charge in [-0.15, -0.1) is 0 Å². The number of aryl methyl sites for hydroxylation is 2. The van der Waals surface area contributed by atoms with Gasteiger partial charge >= 0.3 is 5.97 Å². The standard InChI is InChI=1S/C19H21NO2/c1-13-7-5-9-17(11-13)19(15(3)20-22-16(4)21)18-10-6-8-14(2)12-18/h5-12,19H,1-4H3/b20-15+. The Labute approximate surface area is 131 Å². The molecule has 0 aromatic heterocycles. The molecule has 0 spiro atoms. The van der Waals surface area contributed by atoms with Gasteiger partial charge in [-0.3, -0.25) is 0 Å². The molecule has 3 heteroatoms. The number of hydrogen-bond acceptors (Lipinski definition) is 3. The van der Waals surface area contributed by atoms with E-state index in [0.717, 1.165) is 16.8 Å². The number of hydrogen-bond donors (Lipinski definition) is 0. The summed E-state index contributed by atoms with van der Waals surface area (Å²) in [6.07, 6.45) is 0. The number of oxime groups is 1. The van der Waals surface area contributed by atoms with E-state index in [0.29, 0.717) is 0 Å². The van der Waals surface area contributed by atoms with Crippen LogP contribution in [0, 0.1) is 13.8 Å². The smallest absolute Gasteiger partial charge is 0.319 e. The Kier molecular flexibility index (Phi) is 5.10. The van der Waals surface area contributed by atoms with E-state index < -0.39 is 5.97 Å². The van der Waals surface area contributed by atoms with Gasteiger partial charge in [0.2, 0.25) is 0 Å². The van der Waals surface area contributed by atoms with Gasteiger partial charge in [-0.05, 0) is 31.9 Å². The second-order valence-corrected chi connectivity index (χ2v) is 5.58. The molecule has 22 heavy (non-hydrogen) atoms. The molecule has 2 aromatic rings. The summed E-state index contributed by atoms with van der Waals surface area (Å²) in [5.41, 5.74) is 5.41. The Balaban J connectivity index is 2.49. The van der Waals surface area contributed by atoms with Crippen molar-refractivity contribution in [3.8, 4) is 0 Å². The van der Waals surface area contributed by atoms with Crippen molar-refractivity contribution in [2.24, 2.45) is 5.16 Å². The van der Waals surface area contributed by atoms with Crippen molar-refractivity contribution >= 4 is 11.7 Å². The first-order valence-corrected chi connectivity index (χ1v) is 7.32. The summed E-state index contributed by atoms with van der Waals surface area (Å²) in [4.78, 5) is 15.9. The van der Waals surface area contributed by atoms with Crippen LogP contribution in [0.1, 0.15) is 42.0 Å². The second kappa shape index (κ2) is 7.03. The maximum Gasteiger partial charge on any atom is 0.331 e. The Hall–Kier alpha value is -2.42. The van der Waals surface area contributed by atoms with Crippen LogP contribution in [0.3, 0.4) is 0 Å². The van der Waals surface area contributed by atoms with Crippen molar-refractivity contribution < 1.29 is 9.63 Å². The molecule has 0 aliphatic rings. The van der Waals surface area contributed by atoms with Gasteiger partial charge in [0.15, 0.2) is 0 Å². The lowest BCUT2D eigenvalue weighted by molar-refractivity contribution is -0.140. The van der Waals surface area contributed by atoms with Crippen molar-refractivity contribution in [2.75, 3.05) is 0 Å². The first-order valence-electron chi connectivity index (χ1n) is 7.32. The van der Waals surface area contributed by atoms with Gasteiger partial charge in [0.1, 0.15) is 0 Å². The SMILES string of the molecule is CC(=O)O/N=C(\C)C(c1cccc(C)c1)c1cccc(C)c1. The molecule has 0 unspecified atom stereocenters. The molecule has 0 aliphatic carbocycles. The van der Waals surface area contributed by atoms with Gasteiger partial charge in [-0.2, -0.15) is 0 Å². The Morgan fingerprint density at radius 2 is 1.45 bits per heavy atom. The fraction of sp³-hybridized carbons (Fsp3) is 0.263. The zero-order valence-corrected chi connectivity index (χ0v) is 13.5. The van der Waals surface area contributed by atoms with Crippen molar-refractivity contribution in [1.29, 1.82) is 0 Å². The summed E-state index contributed by atoms with van der Waals surface area (Å²) >= 11 is 0. The zero-order valence-electron chi connectivity index (χ0n) is 13.5. The molecule has 2 rings (SSSR count). The van der Waals surface area contributed by atoms with E-state index in [2.05, 4.69) is 55.4 Å². The average molecular weight is 295 g/mol. The van der Waals surface area contributed by atoms with Crippen molar-refractivity contribution in [1.82, 2.24) is 0 Å². The van der Waals surface area contributed by atoms with Crippen molar-refractivity contribution in [2.45, 2.75) is 33.6 Å². The largest absolute Gasteiger partial charge is 0.331 e. The molecule has 3 nitrogen and oxygen atoms in total. The van der Waals surface area contributed by atoms with E-state index in [4.69, 9.17) is 4.84 Å². The Morgan fingerprint density at radius 1 is 0.955 bits per heavy atom. The van der Waals surface area contributed by atoms with Crippen LogP contribution in [0.15, 0.2) is 53.7 Å². The van der Waals surface area contributed by atoms with Crippen molar-refractivity contribution in [3.05, 3.63) is 70.8 Å². The first kappa shape index (κ1) is 16.0. The fourth-order valence-corrected chi connectivity index (χ4v) is 2.56. The molecule has 0 N–H and O–H groups in total. The van der Waals surface area contributed by atoms with Crippen LogP contribution in [-0.2, 0) is 9.63 Å². The minimum Gasteiger partial charge on any atom is -0.319 e. The zero-order chi connectivity index (χ0) is 16.1. The highest BCUT2D eigenvalue weighted by atomic mass is 16.7. The monoisotopic (exact) mass is 295 g/mol. The highest BCUT2D eigenvalue weighted by Crippen LogP contribution is 2.27. The molecule has 0 fully saturated rings. The predicted molar refractivity (Wildman–Crippen MR) is 89.1 cm³/mol. The number of carbonyl (C=O) groups excluding carboxylic acids is 1. The number of benzene rings is 2. The molecule has 0 saturated carbocycles. The van der Waals surface area contributed by atoms with Crippen LogP contribution in [0.4, 0.5) is 0 Å². The summed E-state index contributed by atoms with van der Waals surface area (Å²) < 4.78 is 0. The van der Waals surface area contributed by atoms with E-state index in [9.17, 15) is 4.79 Å². The summed E-state index contributed by atoms with van der Waals surface area (Å²) in [6.45, 7) is 7.37. The van der Waals surface area contributed by atoms with Crippen LogP contribution in [0.25, 0.3) is 0 Å². The maximum atomic E-state index is 11.0. The number of rotatable bonds is 4. The topological polar surface area (TPSA) is 38.7 Å². The molecule has 0 aliphatic heterocycles. The molecular formula is C19H21NO2. The molecule has 0 heterocycles. The van der Waals surface area contributed by atoms with E-state index >= 15 is 0 Å². The minimum absolute atomic E-state index is 0.0286. The summed E-state index contributed by atoms with van der Waals surface area (Å²) in [5, 5.41) is 4.00. The molecule has 0 radical (unpaired) electrons. The fourth-order valence-electron chi connectivity index (χ4n) is 2.56. The van der Waals surface area contributed by atoms with Gasteiger partial charge in [0, 0.05) is 6.92 Å². The average Bonchev–Trinajstić information content (AvgIpc) is 2.45. The molecule has 0 amide bonds. The van der Waals surface area contributed by atoms with E-state index in [1.807, 2.05) is 19.1 Å².